The maximum atomic E-state index is 5.57. The minimum atomic E-state index is 0.852. The second-order valence-corrected chi connectivity index (χ2v) is 3.28. The van der Waals surface area contributed by atoms with Crippen molar-refractivity contribution in [1.29, 1.82) is 0 Å². The summed E-state index contributed by atoms with van der Waals surface area (Å²) in [7, 11) is 0. The van der Waals surface area contributed by atoms with Gasteiger partial charge in [0, 0.05) is 5.56 Å². The first-order valence-electron chi connectivity index (χ1n) is 4.43. The lowest BCUT2D eigenvalue weighted by atomic mass is 10.1. The maximum Gasteiger partial charge on any atom is 0.118 e. The largest absolute Gasteiger partial charge is 0.322 e. The van der Waals surface area contributed by atoms with Gasteiger partial charge in [0.05, 0.1) is 5.69 Å². The fourth-order valence-corrected chi connectivity index (χ4v) is 1.43. The molecule has 0 unspecified atom stereocenters. The summed E-state index contributed by atoms with van der Waals surface area (Å²) in [6, 6.07) is 8.05. The molecule has 0 spiro atoms. The van der Waals surface area contributed by atoms with E-state index in [1.54, 1.807) is 0 Å². The predicted molar refractivity (Wildman–Crippen MR) is 55.1 cm³/mol. The average Bonchev–Trinajstić information content (AvgIpc) is 2.49. The van der Waals surface area contributed by atoms with Gasteiger partial charge in [0.2, 0.25) is 0 Å². The van der Waals surface area contributed by atoms with Crippen molar-refractivity contribution in [3.8, 4) is 11.3 Å². The van der Waals surface area contributed by atoms with Crippen LogP contribution < -0.4 is 5.84 Å². The maximum absolute atomic E-state index is 5.57. The van der Waals surface area contributed by atoms with Crippen molar-refractivity contribution >= 4 is 0 Å². The molecule has 4 nitrogen and oxygen atoms in total. The lowest BCUT2D eigenvalue weighted by molar-refractivity contribution is 0.747. The van der Waals surface area contributed by atoms with Gasteiger partial charge in [-0.3, -0.25) is 0 Å². The highest BCUT2D eigenvalue weighted by Gasteiger charge is 2.10. The zero-order valence-electron chi connectivity index (χ0n) is 8.23. The molecule has 1 aromatic carbocycles. The van der Waals surface area contributed by atoms with E-state index in [2.05, 4.69) is 10.3 Å². The molecule has 0 aliphatic rings. The number of hydrogen-bond donors (Lipinski definition) is 1. The van der Waals surface area contributed by atoms with Crippen molar-refractivity contribution in [2.45, 2.75) is 13.8 Å². The summed E-state index contributed by atoms with van der Waals surface area (Å²) in [6.45, 7) is 3.95. The third-order valence-corrected chi connectivity index (χ3v) is 2.33. The second kappa shape index (κ2) is 3.14. The molecule has 0 bridgehead atoms. The molecule has 1 heterocycles. The molecule has 2 rings (SSSR count). The van der Waals surface area contributed by atoms with Crippen molar-refractivity contribution in [2.75, 3.05) is 5.84 Å². The monoisotopic (exact) mass is 188 g/mol. The molecular formula is C10H12N4. The van der Waals surface area contributed by atoms with Crippen LogP contribution in [0.3, 0.4) is 0 Å². The average molecular weight is 188 g/mol. The Morgan fingerprint density at radius 1 is 1.21 bits per heavy atom. The highest BCUT2D eigenvalue weighted by atomic mass is 15.6. The Labute approximate surface area is 82.3 Å². The molecule has 0 aliphatic carbocycles. The van der Waals surface area contributed by atoms with Gasteiger partial charge >= 0.3 is 0 Å². The quantitative estimate of drug-likeness (QED) is 0.686. The van der Waals surface area contributed by atoms with E-state index in [1.807, 2.05) is 38.1 Å². The minimum absolute atomic E-state index is 0.852. The first-order valence-corrected chi connectivity index (χ1v) is 4.43. The van der Waals surface area contributed by atoms with Crippen LogP contribution in [0, 0.1) is 13.8 Å². The van der Waals surface area contributed by atoms with Gasteiger partial charge in [0.1, 0.15) is 5.69 Å². The van der Waals surface area contributed by atoms with Crippen LogP contribution in [-0.4, -0.2) is 15.1 Å². The predicted octanol–water partition coefficient (Wildman–Crippen LogP) is 1.28. The molecule has 2 N–H and O–H groups in total. The number of hydrogen-bond acceptors (Lipinski definition) is 3. The first kappa shape index (κ1) is 8.74. The molecule has 0 fully saturated rings. The van der Waals surface area contributed by atoms with E-state index in [1.165, 1.54) is 10.4 Å². The zero-order chi connectivity index (χ0) is 10.1. The van der Waals surface area contributed by atoms with E-state index in [0.717, 1.165) is 17.0 Å². The van der Waals surface area contributed by atoms with Crippen molar-refractivity contribution < 1.29 is 0 Å². The van der Waals surface area contributed by atoms with Crippen LogP contribution in [0.15, 0.2) is 24.3 Å². The Morgan fingerprint density at radius 3 is 2.50 bits per heavy atom. The van der Waals surface area contributed by atoms with Gasteiger partial charge in [-0.1, -0.05) is 24.3 Å². The van der Waals surface area contributed by atoms with E-state index >= 15 is 0 Å². The lowest BCUT2D eigenvalue weighted by Gasteiger charge is -2.02. The van der Waals surface area contributed by atoms with Crippen LogP contribution in [-0.2, 0) is 0 Å². The number of aromatic nitrogens is 3. The van der Waals surface area contributed by atoms with E-state index < -0.39 is 0 Å². The number of nitrogens with zero attached hydrogens (tertiary/aromatic N) is 3. The normalized spacial score (nSPS) is 10.4. The fourth-order valence-electron chi connectivity index (χ4n) is 1.43. The molecular weight excluding hydrogens is 176 g/mol. The van der Waals surface area contributed by atoms with Gasteiger partial charge in [-0.15, -0.1) is 5.10 Å². The van der Waals surface area contributed by atoms with E-state index in [4.69, 9.17) is 5.84 Å². The molecule has 72 valence electrons. The standard InChI is InChI=1S/C10H12N4/c1-7-5-3-4-6-9(7)10-8(2)14(11)13-12-10/h3-6H,11H2,1-2H3. The van der Waals surface area contributed by atoms with Crippen LogP contribution in [0.4, 0.5) is 0 Å². The van der Waals surface area contributed by atoms with Gasteiger partial charge in [-0.25, -0.2) is 0 Å². The Balaban J connectivity index is 2.60. The molecule has 14 heavy (non-hydrogen) atoms. The van der Waals surface area contributed by atoms with Crippen molar-refractivity contribution in [3.63, 3.8) is 0 Å². The SMILES string of the molecule is Cc1ccccc1-c1nnn(N)c1C. The van der Waals surface area contributed by atoms with Crippen LogP contribution in [0.2, 0.25) is 0 Å². The van der Waals surface area contributed by atoms with Gasteiger partial charge in [0.25, 0.3) is 0 Å². The summed E-state index contributed by atoms with van der Waals surface area (Å²) in [5.41, 5.74) is 3.99. The Kier molecular flexibility index (Phi) is 1.96. The zero-order valence-corrected chi connectivity index (χ0v) is 8.23. The third kappa shape index (κ3) is 1.25. The van der Waals surface area contributed by atoms with Crippen LogP contribution >= 0.6 is 0 Å². The highest BCUT2D eigenvalue weighted by Crippen LogP contribution is 2.22. The Bertz CT molecular complexity index is 459. The fraction of sp³-hybridized carbons (Fsp3) is 0.200. The number of nitrogen functional groups attached to an aromatic ring is 1. The molecule has 0 saturated heterocycles. The van der Waals surface area contributed by atoms with Crippen molar-refractivity contribution in [2.24, 2.45) is 0 Å². The summed E-state index contributed by atoms with van der Waals surface area (Å²) in [5.74, 6) is 5.57. The number of benzene rings is 1. The van der Waals surface area contributed by atoms with Gasteiger partial charge in [-0.2, -0.15) is 4.79 Å². The Hall–Kier alpha value is -1.84. The first-order chi connectivity index (χ1) is 6.70. The van der Waals surface area contributed by atoms with Crippen molar-refractivity contribution in [1.82, 2.24) is 15.1 Å². The van der Waals surface area contributed by atoms with Gasteiger partial charge in [0.15, 0.2) is 0 Å². The van der Waals surface area contributed by atoms with Crippen LogP contribution in [0.1, 0.15) is 11.3 Å². The number of rotatable bonds is 1. The van der Waals surface area contributed by atoms with Crippen molar-refractivity contribution in [3.05, 3.63) is 35.5 Å². The molecule has 0 atom stereocenters. The molecule has 0 amide bonds. The van der Waals surface area contributed by atoms with Crippen LogP contribution in [0.5, 0.6) is 0 Å². The smallest absolute Gasteiger partial charge is 0.118 e. The molecule has 2 aromatic rings. The molecule has 0 saturated carbocycles. The summed E-state index contributed by atoms with van der Waals surface area (Å²) in [4.78, 5) is 1.29. The van der Waals surface area contributed by atoms with E-state index in [9.17, 15) is 0 Å². The molecule has 4 heteroatoms. The molecule has 0 radical (unpaired) electrons. The topological polar surface area (TPSA) is 56.7 Å². The van der Waals surface area contributed by atoms with Crippen LogP contribution in [0.25, 0.3) is 11.3 Å². The second-order valence-electron chi connectivity index (χ2n) is 3.28. The summed E-state index contributed by atoms with van der Waals surface area (Å²) >= 11 is 0. The molecule has 0 aliphatic heterocycles. The van der Waals surface area contributed by atoms with E-state index in [-0.39, 0.29) is 0 Å². The lowest BCUT2D eigenvalue weighted by Crippen LogP contribution is -2.11. The summed E-state index contributed by atoms with van der Waals surface area (Å²) < 4.78 is 0. The minimum Gasteiger partial charge on any atom is -0.322 e. The number of aryl methyl sites for hydroxylation is 1. The van der Waals surface area contributed by atoms with E-state index in [0.29, 0.717) is 0 Å². The summed E-state index contributed by atoms with van der Waals surface area (Å²) in [6.07, 6.45) is 0. The Morgan fingerprint density at radius 2 is 1.93 bits per heavy atom. The van der Waals surface area contributed by atoms with Gasteiger partial charge < -0.3 is 5.84 Å². The molecule has 1 aromatic heterocycles. The number of nitrogens with two attached hydrogens (primary N) is 1. The van der Waals surface area contributed by atoms with Gasteiger partial charge in [-0.05, 0) is 24.6 Å². The highest BCUT2D eigenvalue weighted by molar-refractivity contribution is 5.64. The third-order valence-electron chi connectivity index (χ3n) is 2.33. The summed E-state index contributed by atoms with van der Waals surface area (Å²) in [5, 5.41) is 7.81.